The lowest BCUT2D eigenvalue weighted by atomic mass is 9.75. The van der Waals surface area contributed by atoms with Gasteiger partial charge in [0.2, 0.25) is 0 Å². The van der Waals surface area contributed by atoms with Gasteiger partial charge in [0.15, 0.2) is 0 Å². The summed E-state index contributed by atoms with van der Waals surface area (Å²) in [6, 6.07) is 1.73. The molecule has 0 aromatic carbocycles. The number of carbonyl (C=O) groups is 1. The first-order chi connectivity index (χ1) is 9.65. The van der Waals surface area contributed by atoms with E-state index in [1.54, 1.807) is 6.07 Å². The van der Waals surface area contributed by atoms with Crippen molar-refractivity contribution in [1.29, 1.82) is 0 Å². The molecule has 3 rings (SSSR count). The topological polar surface area (TPSA) is 53.4 Å². The van der Waals surface area contributed by atoms with Gasteiger partial charge in [-0.15, -0.1) is 0 Å². The summed E-state index contributed by atoms with van der Waals surface area (Å²) in [5.74, 6) is 1.77. The maximum Gasteiger partial charge on any atom is 0.337 e. The Hall–Kier alpha value is -1.58. The number of carboxylic acid groups (broad SMARTS) is 1. The number of rotatable bonds is 2. The van der Waals surface area contributed by atoms with Gasteiger partial charge < -0.3 is 10.0 Å². The van der Waals surface area contributed by atoms with Crippen LogP contribution < -0.4 is 4.90 Å². The second-order valence-corrected chi connectivity index (χ2v) is 6.21. The van der Waals surface area contributed by atoms with Crippen molar-refractivity contribution in [3.8, 4) is 0 Å². The molecule has 2 atom stereocenters. The number of anilines is 1. The molecule has 4 nitrogen and oxygen atoms in total. The summed E-state index contributed by atoms with van der Waals surface area (Å²) >= 11 is 0. The van der Waals surface area contributed by atoms with Crippen molar-refractivity contribution in [3.05, 3.63) is 23.4 Å². The third kappa shape index (κ3) is 2.51. The molecule has 1 N–H and O–H groups in total. The smallest absolute Gasteiger partial charge is 0.337 e. The van der Waals surface area contributed by atoms with E-state index in [1.807, 2.05) is 6.92 Å². The van der Waals surface area contributed by atoms with E-state index >= 15 is 0 Å². The number of fused-ring (bicyclic) bond motifs is 1. The van der Waals surface area contributed by atoms with Crippen LogP contribution in [-0.2, 0) is 0 Å². The molecule has 0 radical (unpaired) electrons. The van der Waals surface area contributed by atoms with Gasteiger partial charge >= 0.3 is 5.97 Å². The first-order valence-electron chi connectivity index (χ1n) is 7.60. The number of carboxylic acids is 1. The molecule has 1 saturated carbocycles. The highest BCUT2D eigenvalue weighted by molar-refractivity contribution is 5.87. The minimum atomic E-state index is -0.905. The predicted molar refractivity (Wildman–Crippen MR) is 78.2 cm³/mol. The number of nitrogens with zero attached hydrogens (tertiary/aromatic N) is 2. The highest BCUT2D eigenvalue weighted by Crippen LogP contribution is 2.37. The van der Waals surface area contributed by atoms with E-state index in [0.29, 0.717) is 0 Å². The zero-order chi connectivity index (χ0) is 14.1. The number of hydrogen-bond acceptors (Lipinski definition) is 3. The second-order valence-electron chi connectivity index (χ2n) is 6.21. The number of piperidine rings is 1. The van der Waals surface area contributed by atoms with Gasteiger partial charge in [-0.05, 0) is 43.2 Å². The Balaban J connectivity index is 1.78. The van der Waals surface area contributed by atoms with Crippen LogP contribution in [0.15, 0.2) is 12.3 Å². The summed E-state index contributed by atoms with van der Waals surface area (Å²) in [6.07, 6.45) is 8.23. The fraction of sp³-hybridized carbons (Fsp3) is 0.625. The molecule has 2 unspecified atom stereocenters. The molecule has 20 heavy (non-hydrogen) atoms. The maximum atomic E-state index is 11.0. The zero-order valence-electron chi connectivity index (χ0n) is 12.0. The third-order valence-corrected chi connectivity index (χ3v) is 4.89. The normalized spacial score (nSPS) is 26.1. The molecule has 2 heterocycles. The van der Waals surface area contributed by atoms with E-state index in [4.69, 9.17) is 5.11 Å². The lowest BCUT2D eigenvalue weighted by Crippen LogP contribution is -2.42. The number of aromatic nitrogens is 1. The summed E-state index contributed by atoms with van der Waals surface area (Å²) in [7, 11) is 0. The number of aromatic carboxylic acids is 1. The van der Waals surface area contributed by atoms with Gasteiger partial charge in [0, 0.05) is 19.3 Å². The van der Waals surface area contributed by atoms with Crippen LogP contribution in [0.2, 0.25) is 0 Å². The SMILES string of the molecule is Cc1cc(C(=O)O)cnc1N1CCC2CCCCC2C1. The highest BCUT2D eigenvalue weighted by atomic mass is 16.4. The molecule has 2 fully saturated rings. The molecule has 0 bridgehead atoms. The summed E-state index contributed by atoms with van der Waals surface area (Å²) in [4.78, 5) is 17.7. The Morgan fingerprint density at radius 2 is 2.05 bits per heavy atom. The Labute approximate surface area is 119 Å². The highest BCUT2D eigenvalue weighted by Gasteiger charge is 2.32. The van der Waals surface area contributed by atoms with Crippen LogP contribution in [0.25, 0.3) is 0 Å². The Morgan fingerprint density at radius 3 is 2.75 bits per heavy atom. The van der Waals surface area contributed by atoms with E-state index in [2.05, 4.69) is 9.88 Å². The molecule has 2 aliphatic rings. The summed E-state index contributed by atoms with van der Waals surface area (Å²) in [5, 5.41) is 9.01. The van der Waals surface area contributed by atoms with E-state index in [1.165, 1.54) is 38.3 Å². The molecular weight excluding hydrogens is 252 g/mol. The third-order valence-electron chi connectivity index (χ3n) is 4.89. The molecule has 108 valence electrons. The zero-order valence-corrected chi connectivity index (χ0v) is 12.0. The Kier molecular flexibility index (Phi) is 3.64. The van der Waals surface area contributed by atoms with Crippen LogP contribution in [0.4, 0.5) is 5.82 Å². The molecule has 1 aliphatic heterocycles. The largest absolute Gasteiger partial charge is 0.478 e. The second kappa shape index (κ2) is 5.43. The number of hydrogen-bond donors (Lipinski definition) is 1. The molecule has 1 aromatic rings. The maximum absolute atomic E-state index is 11.0. The minimum absolute atomic E-state index is 0.277. The molecule has 1 aliphatic carbocycles. The van der Waals surface area contributed by atoms with Gasteiger partial charge in [0.05, 0.1) is 5.56 Å². The van der Waals surface area contributed by atoms with E-state index in [0.717, 1.165) is 36.3 Å². The fourth-order valence-electron chi connectivity index (χ4n) is 3.81. The van der Waals surface area contributed by atoms with Crippen LogP contribution in [0.3, 0.4) is 0 Å². The van der Waals surface area contributed by atoms with Crippen molar-refractivity contribution in [1.82, 2.24) is 4.98 Å². The quantitative estimate of drug-likeness (QED) is 0.900. The van der Waals surface area contributed by atoms with Crippen molar-refractivity contribution in [2.24, 2.45) is 11.8 Å². The lowest BCUT2D eigenvalue weighted by Gasteiger charge is -2.42. The van der Waals surface area contributed by atoms with Gasteiger partial charge in [0.1, 0.15) is 5.82 Å². The Bertz CT molecular complexity index is 515. The van der Waals surface area contributed by atoms with Gasteiger partial charge in [-0.3, -0.25) is 0 Å². The van der Waals surface area contributed by atoms with Crippen molar-refractivity contribution in [2.45, 2.75) is 39.0 Å². The van der Waals surface area contributed by atoms with Crippen molar-refractivity contribution < 1.29 is 9.90 Å². The first-order valence-corrected chi connectivity index (χ1v) is 7.60. The van der Waals surface area contributed by atoms with Crippen LogP contribution in [0.5, 0.6) is 0 Å². The number of pyridine rings is 1. The Morgan fingerprint density at radius 1 is 1.30 bits per heavy atom. The van der Waals surface area contributed by atoms with E-state index in [9.17, 15) is 4.79 Å². The first kappa shape index (κ1) is 13.4. The van der Waals surface area contributed by atoms with Crippen LogP contribution >= 0.6 is 0 Å². The molecule has 1 saturated heterocycles. The van der Waals surface area contributed by atoms with Gasteiger partial charge in [0.25, 0.3) is 0 Å². The van der Waals surface area contributed by atoms with Gasteiger partial charge in [-0.2, -0.15) is 0 Å². The van der Waals surface area contributed by atoms with Gasteiger partial charge in [-0.25, -0.2) is 9.78 Å². The standard InChI is InChI=1S/C16H22N2O2/c1-11-8-14(16(19)20)9-17-15(11)18-7-6-12-4-2-3-5-13(12)10-18/h8-9,12-13H,2-7,10H2,1H3,(H,19,20). The lowest BCUT2D eigenvalue weighted by molar-refractivity contribution is 0.0696. The molecule has 4 heteroatoms. The summed E-state index contributed by atoms with van der Waals surface area (Å²) < 4.78 is 0. The van der Waals surface area contributed by atoms with E-state index in [-0.39, 0.29) is 5.56 Å². The average Bonchev–Trinajstić information content (AvgIpc) is 2.46. The summed E-state index contributed by atoms with van der Waals surface area (Å²) in [5.41, 5.74) is 1.25. The average molecular weight is 274 g/mol. The van der Waals surface area contributed by atoms with Crippen LogP contribution in [0, 0.1) is 18.8 Å². The van der Waals surface area contributed by atoms with Crippen molar-refractivity contribution >= 4 is 11.8 Å². The molecule has 1 aromatic heterocycles. The minimum Gasteiger partial charge on any atom is -0.478 e. The fourth-order valence-corrected chi connectivity index (χ4v) is 3.81. The predicted octanol–water partition coefficient (Wildman–Crippen LogP) is 3.10. The van der Waals surface area contributed by atoms with Crippen LogP contribution in [0.1, 0.15) is 48.0 Å². The molecule has 0 spiro atoms. The van der Waals surface area contributed by atoms with E-state index < -0.39 is 5.97 Å². The molecular formula is C16H22N2O2. The monoisotopic (exact) mass is 274 g/mol. The molecule has 0 amide bonds. The van der Waals surface area contributed by atoms with Crippen molar-refractivity contribution in [3.63, 3.8) is 0 Å². The van der Waals surface area contributed by atoms with Gasteiger partial charge in [-0.1, -0.05) is 19.3 Å². The van der Waals surface area contributed by atoms with Crippen molar-refractivity contribution in [2.75, 3.05) is 18.0 Å². The number of aryl methyl sites for hydroxylation is 1. The van der Waals surface area contributed by atoms with Crippen LogP contribution in [-0.4, -0.2) is 29.1 Å². The summed E-state index contributed by atoms with van der Waals surface area (Å²) in [6.45, 7) is 4.11.